The first kappa shape index (κ1) is 28.4. The number of nitrogens with zero attached hydrogens (tertiary/aromatic N) is 5. The van der Waals surface area contributed by atoms with Crippen LogP contribution in [0.3, 0.4) is 0 Å². The number of anilines is 1. The van der Waals surface area contributed by atoms with E-state index >= 15 is 0 Å². The number of piperazine rings is 1. The van der Waals surface area contributed by atoms with Crippen LogP contribution in [0.2, 0.25) is 0 Å². The van der Waals surface area contributed by atoms with Crippen LogP contribution in [0.5, 0.6) is 0 Å². The first-order valence-corrected chi connectivity index (χ1v) is 12.8. The monoisotopic (exact) mass is 524 g/mol. The fourth-order valence-electron chi connectivity index (χ4n) is 5.41. The summed E-state index contributed by atoms with van der Waals surface area (Å²) < 4.78 is 1.71. The second-order valence-corrected chi connectivity index (χ2v) is 10.9. The minimum absolute atomic E-state index is 0. The molecule has 0 unspecified atom stereocenters. The molecule has 0 aromatic carbocycles. The fourth-order valence-corrected chi connectivity index (χ4v) is 5.41. The number of hydrogen-bond donors (Lipinski definition) is 3. The van der Waals surface area contributed by atoms with E-state index in [1.165, 1.54) is 0 Å². The molecule has 5 N–H and O–H groups in total. The SMILES string of the molecule is CC(C)(N)C(=O)N1CCN(C(=O)Nc2ccn(C3CCC(CN4CC(CN)C4)CC3)c(=O)n2)CC1.Cl. The fraction of sp³-hybridized carbons (Fsp3) is 0.750. The number of amides is 3. The molecule has 12 heteroatoms. The number of aromatic nitrogens is 2. The summed E-state index contributed by atoms with van der Waals surface area (Å²) in [6.45, 7) is 9.16. The number of urea groups is 1. The lowest BCUT2D eigenvalue weighted by Crippen LogP contribution is -2.58. The molecule has 2 saturated heterocycles. The summed E-state index contributed by atoms with van der Waals surface area (Å²) in [5.74, 6) is 1.46. The quantitative estimate of drug-likeness (QED) is 0.497. The van der Waals surface area contributed by atoms with E-state index < -0.39 is 5.54 Å². The maximum Gasteiger partial charge on any atom is 0.349 e. The van der Waals surface area contributed by atoms with Gasteiger partial charge in [0.25, 0.3) is 0 Å². The molecule has 1 saturated carbocycles. The van der Waals surface area contributed by atoms with E-state index in [1.54, 1.807) is 40.5 Å². The predicted molar refractivity (Wildman–Crippen MR) is 141 cm³/mol. The van der Waals surface area contributed by atoms with E-state index in [0.717, 1.165) is 51.9 Å². The molecule has 0 atom stereocenters. The van der Waals surface area contributed by atoms with Crippen molar-refractivity contribution in [1.29, 1.82) is 0 Å². The van der Waals surface area contributed by atoms with Crippen LogP contribution < -0.4 is 22.5 Å². The van der Waals surface area contributed by atoms with E-state index in [-0.39, 0.29) is 41.9 Å². The van der Waals surface area contributed by atoms with Gasteiger partial charge in [0.2, 0.25) is 5.91 Å². The van der Waals surface area contributed by atoms with Crippen LogP contribution in [-0.4, -0.2) is 94.1 Å². The molecule has 0 bridgehead atoms. The predicted octanol–water partition coefficient (Wildman–Crippen LogP) is 0.700. The Morgan fingerprint density at radius 2 is 1.67 bits per heavy atom. The third-order valence-electron chi connectivity index (χ3n) is 7.56. The third-order valence-corrected chi connectivity index (χ3v) is 7.56. The Hall–Kier alpha value is -2.21. The Labute approximate surface area is 219 Å². The van der Waals surface area contributed by atoms with E-state index in [1.807, 2.05) is 0 Å². The zero-order chi connectivity index (χ0) is 25.2. The topological polar surface area (TPSA) is 143 Å². The summed E-state index contributed by atoms with van der Waals surface area (Å²) in [4.78, 5) is 47.6. The van der Waals surface area contributed by atoms with Gasteiger partial charge in [-0.05, 0) is 64.0 Å². The number of carbonyl (C=O) groups is 2. The molecule has 3 fully saturated rings. The third kappa shape index (κ3) is 6.76. The van der Waals surface area contributed by atoms with Gasteiger partial charge in [0, 0.05) is 58.1 Å². The van der Waals surface area contributed by atoms with Crippen LogP contribution >= 0.6 is 12.4 Å². The molecule has 1 aliphatic carbocycles. The highest BCUT2D eigenvalue weighted by atomic mass is 35.5. The van der Waals surface area contributed by atoms with Crippen LogP contribution in [0.25, 0.3) is 0 Å². The zero-order valence-electron chi connectivity index (χ0n) is 21.4. The largest absolute Gasteiger partial charge is 0.349 e. The van der Waals surface area contributed by atoms with Gasteiger partial charge in [-0.3, -0.25) is 14.7 Å². The van der Waals surface area contributed by atoms with Gasteiger partial charge in [0.15, 0.2) is 0 Å². The van der Waals surface area contributed by atoms with Crippen molar-refractivity contribution in [2.24, 2.45) is 23.3 Å². The van der Waals surface area contributed by atoms with Crippen LogP contribution in [-0.2, 0) is 4.79 Å². The van der Waals surface area contributed by atoms with Crippen molar-refractivity contribution in [1.82, 2.24) is 24.3 Å². The lowest BCUT2D eigenvalue weighted by atomic mass is 9.84. The lowest BCUT2D eigenvalue weighted by Gasteiger charge is -2.42. The Kier molecular flexibility index (Phi) is 9.37. The maximum atomic E-state index is 12.7. The van der Waals surface area contributed by atoms with Gasteiger partial charge < -0.3 is 26.2 Å². The number of nitrogens with one attached hydrogen (secondary N) is 1. The first-order valence-electron chi connectivity index (χ1n) is 12.8. The molecule has 3 amide bonds. The van der Waals surface area contributed by atoms with E-state index in [2.05, 4.69) is 15.2 Å². The number of carbonyl (C=O) groups excluding carboxylic acids is 2. The van der Waals surface area contributed by atoms with Crippen LogP contribution in [0, 0.1) is 11.8 Å². The number of nitrogens with two attached hydrogens (primary N) is 2. The normalized spacial score (nSPS) is 23.6. The van der Waals surface area contributed by atoms with E-state index in [4.69, 9.17) is 11.5 Å². The Morgan fingerprint density at radius 1 is 1.06 bits per heavy atom. The van der Waals surface area contributed by atoms with Gasteiger partial charge in [-0.2, -0.15) is 4.98 Å². The van der Waals surface area contributed by atoms with E-state index in [0.29, 0.717) is 38.0 Å². The molecule has 4 rings (SSSR count). The van der Waals surface area contributed by atoms with Crippen molar-refractivity contribution in [3.63, 3.8) is 0 Å². The van der Waals surface area contributed by atoms with Crippen molar-refractivity contribution in [3.8, 4) is 0 Å². The van der Waals surface area contributed by atoms with Gasteiger partial charge in [-0.25, -0.2) is 9.59 Å². The smallest absolute Gasteiger partial charge is 0.338 e. The molecule has 0 spiro atoms. The summed E-state index contributed by atoms with van der Waals surface area (Å²) in [5, 5.41) is 2.73. The minimum Gasteiger partial charge on any atom is -0.338 e. The van der Waals surface area contributed by atoms with Crippen LogP contribution in [0.1, 0.15) is 45.6 Å². The molecule has 1 aromatic heterocycles. The van der Waals surface area contributed by atoms with Gasteiger partial charge in [0.1, 0.15) is 5.82 Å². The van der Waals surface area contributed by atoms with Crippen molar-refractivity contribution in [3.05, 3.63) is 22.7 Å². The zero-order valence-corrected chi connectivity index (χ0v) is 22.2. The Balaban J connectivity index is 0.00000361. The number of likely N-dealkylation sites (tertiary alicyclic amines) is 1. The summed E-state index contributed by atoms with van der Waals surface area (Å²) in [7, 11) is 0. The molecule has 0 radical (unpaired) electrons. The average molecular weight is 525 g/mol. The molecular weight excluding hydrogens is 484 g/mol. The molecule has 11 nitrogen and oxygen atoms in total. The molecule has 202 valence electrons. The standard InChI is InChI=1S/C24H40N8O3.ClH/c1-24(2,26)21(33)30-9-11-31(12-10-30)22(34)27-20-7-8-32(23(35)28-20)19-5-3-17(4-6-19)14-29-15-18(13-25)16-29;/h7-8,17-19H,3-6,9-16,25-26H2,1-2H3,(H,27,28,34,35);1H. The number of halogens is 1. The van der Waals surface area contributed by atoms with Crippen LogP contribution in [0.4, 0.5) is 10.6 Å². The average Bonchev–Trinajstić information content (AvgIpc) is 2.81. The molecule has 3 heterocycles. The molecule has 36 heavy (non-hydrogen) atoms. The minimum atomic E-state index is -0.930. The van der Waals surface area contributed by atoms with Gasteiger partial charge in [0.05, 0.1) is 5.54 Å². The lowest BCUT2D eigenvalue weighted by molar-refractivity contribution is -0.137. The highest BCUT2D eigenvalue weighted by molar-refractivity contribution is 5.89. The van der Waals surface area contributed by atoms with Crippen molar-refractivity contribution >= 4 is 30.2 Å². The summed E-state index contributed by atoms with van der Waals surface area (Å²) >= 11 is 0. The van der Waals surface area contributed by atoms with Gasteiger partial charge in [-0.15, -0.1) is 12.4 Å². The first-order chi connectivity index (χ1) is 16.6. The summed E-state index contributed by atoms with van der Waals surface area (Å²) in [6.07, 6.45) is 5.89. The highest BCUT2D eigenvalue weighted by Gasteiger charge is 2.32. The van der Waals surface area contributed by atoms with Crippen molar-refractivity contribution in [2.75, 3.05) is 57.7 Å². The molecule has 1 aromatic rings. The van der Waals surface area contributed by atoms with Crippen molar-refractivity contribution in [2.45, 2.75) is 51.1 Å². The Morgan fingerprint density at radius 3 is 2.22 bits per heavy atom. The van der Waals surface area contributed by atoms with Crippen molar-refractivity contribution < 1.29 is 9.59 Å². The molecule has 3 aliphatic rings. The molecular formula is C24H41ClN8O3. The van der Waals surface area contributed by atoms with E-state index in [9.17, 15) is 14.4 Å². The second-order valence-electron chi connectivity index (χ2n) is 10.9. The Bertz CT molecular complexity index is 959. The molecule has 2 aliphatic heterocycles. The van der Waals surface area contributed by atoms with Gasteiger partial charge >= 0.3 is 11.7 Å². The highest BCUT2D eigenvalue weighted by Crippen LogP contribution is 2.33. The summed E-state index contributed by atoms with van der Waals surface area (Å²) in [6, 6.07) is 1.52. The number of hydrogen-bond acceptors (Lipinski definition) is 7. The van der Waals surface area contributed by atoms with Gasteiger partial charge in [-0.1, -0.05) is 0 Å². The second kappa shape index (κ2) is 11.9. The number of rotatable bonds is 6. The maximum absolute atomic E-state index is 12.7. The summed E-state index contributed by atoms with van der Waals surface area (Å²) in [5.41, 5.74) is 10.4. The van der Waals surface area contributed by atoms with Crippen LogP contribution in [0.15, 0.2) is 17.1 Å².